The molecule has 84 valence electrons. The standard InChI is InChI=1S/C15H12ClN/c1-11-2-3-13(8-9-17)15(10-11)12-4-6-14(16)7-5-12/h2-7,10H,8H2,1H3. The fraction of sp³-hybridized carbons (Fsp3) is 0.133. The summed E-state index contributed by atoms with van der Waals surface area (Å²) < 4.78 is 0. The molecule has 2 rings (SSSR count). The number of nitriles is 1. The van der Waals surface area contributed by atoms with Gasteiger partial charge >= 0.3 is 0 Å². The minimum Gasteiger partial charge on any atom is -0.198 e. The maximum absolute atomic E-state index is 8.83. The Morgan fingerprint density at radius 3 is 2.47 bits per heavy atom. The van der Waals surface area contributed by atoms with Gasteiger partial charge in [0, 0.05) is 5.02 Å². The Bertz CT molecular complexity index is 564. The molecule has 2 aromatic carbocycles. The summed E-state index contributed by atoms with van der Waals surface area (Å²) in [4.78, 5) is 0. The van der Waals surface area contributed by atoms with Gasteiger partial charge in [-0.25, -0.2) is 0 Å². The molecule has 0 atom stereocenters. The van der Waals surface area contributed by atoms with Gasteiger partial charge in [-0.3, -0.25) is 0 Å². The third kappa shape index (κ3) is 2.67. The number of hydrogen-bond acceptors (Lipinski definition) is 1. The van der Waals surface area contributed by atoms with E-state index in [-0.39, 0.29) is 0 Å². The van der Waals surface area contributed by atoms with Crippen molar-refractivity contribution in [1.29, 1.82) is 5.26 Å². The quantitative estimate of drug-likeness (QED) is 0.765. The van der Waals surface area contributed by atoms with Crippen LogP contribution in [0.5, 0.6) is 0 Å². The van der Waals surface area contributed by atoms with Crippen LogP contribution in [0.3, 0.4) is 0 Å². The monoisotopic (exact) mass is 241 g/mol. The van der Waals surface area contributed by atoms with Crippen molar-refractivity contribution in [3.63, 3.8) is 0 Å². The molecular weight excluding hydrogens is 230 g/mol. The van der Waals surface area contributed by atoms with Crippen LogP contribution in [0.2, 0.25) is 5.02 Å². The molecule has 0 amide bonds. The molecule has 0 bridgehead atoms. The lowest BCUT2D eigenvalue weighted by Gasteiger charge is -2.08. The van der Waals surface area contributed by atoms with Crippen molar-refractivity contribution in [3.05, 3.63) is 58.6 Å². The van der Waals surface area contributed by atoms with Gasteiger partial charge in [0.2, 0.25) is 0 Å². The van der Waals surface area contributed by atoms with E-state index < -0.39 is 0 Å². The number of aryl methyl sites for hydroxylation is 1. The van der Waals surface area contributed by atoms with Crippen molar-refractivity contribution >= 4 is 11.6 Å². The summed E-state index contributed by atoms with van der Waals surface area (Å²) in [7, 11) is 0. The first-order chi connectivity index (χ1) is 8.20. The van der Waals surface area contributed by atoms with E-state index in [9.17, 15) is 0 Å². The molecule has 2 heteroatoms. The summed E-state index contributed by atoms with van der Waals surface area (Å²) in [6.07, 6.45) is 0.429. The molecule has 0 aromatic heterocycles. The first kappa shape index (κ1) is 11.7. The minimum absolute atomic E-state index is 0.429. The predicted molar refractivity (Wildman–Crippen MR) is 70.9 cm³/mol. The van der Waals surface area contributed by atoms with Gasteiger partial charge in [-0.2, -0.15) is 5.26 Å². The summed E-state index contributed by atoms with van der Waals surface area (Å²) >= 11 is 5.88. The van der Waals surface area contributed by atoms with Crippen molar-refractivity contribution in [1.82, 2.24) is 0 Å². The second kappa shape index (κ2) is 5.03. The molecule has 0 unspecified atom stereocenters. The molecular formula is C15H12ClN. The van der Waals surface area contributed by atoms with E-state index >= 15 is 0 Å². The van der Waals surface area contributed by atoms with E-state index in [4.69, 9.17) is 16.9 Å². The highest BCUT2D eigenvalue weighted by atomic mass is 35.5. The first-order valence-corrected chi connectivity index (χ1v) is 5.81. The topological polar surface area (TPSA) is 23.8 Å². The van der Waals surface area contributed by atoms with Crippen LogP contribution in [0, 0.1) is 18.3 Å². The van der Waals surface area contributed by atoms with Gasteiger partial charge in [0.05, 0.1) is 12.5 Å². The van der Waals surface area contributed by atoms with E-state index in [1.54, 1.807) is 0 Å². The molecule has 0 aliphatic carbocycles. The summed E-state index contributed by atoms with van der Waals surface area (Å²) in [5, 5.41) is 9.56. The summed E-state index contributed by atoms with van der Waals surface area (Å²) in [5.41, 5.74) is 4.46. The van der Waals surface area contributed by atoms with Crippen molar-refractivity contribution in [2.45, 2.75) is 13.3 Å². The molecule has 0 aliphatic heterocycles. The maximum atomic E-state index is 8.83. The van der Waals surface area contributed by atoms with Crippen LogP contribution in [-0.2, 0) is 6.42 Å². The fourth-order valence-electron chi connectivity index (χ4n) is 1.83. The Labute approximate surface area is 106 Å². The third-order valence-corrected chi connectivity index (χ3v) is 2.94. The molecule has 0 saturated heterocycles. The van der Waals surface area contributed by atoms with Crippen LogP contribution in [0.4, 0.5) is 0 Å². The largest absolute Gasteiger partial charge is 0.198 e. The van der Waals surface area contributed by atoms with Crippen molar-refractivity contribution in [2.24, 2.45) is 0 Å². The van der Waals surface area contributed by atoms with E-state index in [0.717, 1.165) is 21.7 Å². The van der Waals surface area contributed by atoms with Gasteiger partial charge in [0.25, 0.3) is 0 Å². The number of hydrogen-bond donors (Lipinski definition) is 0. The second-order valence-electron chi connectivity index (χ2n) is 4.00. The molecule has 0 fully saturated rings. The highest BCUT2D eigenvalue weighted by Gasteiger charge is 2.05. The van der Waals surface area contributed by atoms with Crippen LogP contribution < -0.4 is 0 Å². The van der Waals surface area contributed by atoms with Crippen LogP contribution in [0.25, 0.3) is 11.1 Å². The van der Waals surface area contributed by atoms with E-state index in [1.807, 2.05) is 36.4 Å². The number of rotatable bonds is 2. The lowest BCUT2D eigenvalue weighted by molar-refractivity contribution is 1.25. The highest BCUT2D eigenvalue weighted by molar-refractivity contribution is 6.30. The maximum Gasteiger partial charge on any atom is 0.0669 e. The Morgan fingerprint density at radius 1 is 1.12 bits per heavy atom. The van der Waals surface area contributed by atoms with Gasteiger partial charge in [-0.1, -0.05) is 47.5 Å². The Balaban J connectivity index is 2.53. The Kier molecular flexibility index (Phi) is 3.46. The summed E-state index contributed by atoms with van der Waals surface area (Å²) in [6.45, 7) is 2.05. The van der Waals surface area contributed by atoms with Crippen molar-refractivity contribution in [2.75, 3.05) is 0 Å². The lowest BCUT2D eigenvalue weighted by Crippen LogP contribution is -1.89. The van der Waals surface area contributed by atoms with E-state index in [0.29, 0.717) is 6.42 Å². The van der Waals surface area contributed by atoms with Crippen LogP contribution in [0.15, 0.2) is 42.5 Å². The van der Waals surface area contributed by atoms with E-state index in [1.165, 1.54) is 5.56 Å². The van der Waals surface area contributed by atoms with Gasteiger partial charge in [0.15, 0.2) is 0 Å². The van der Waals surface area contributed by atoms with Crippen molar-refractivity contribution in [3.8, 4) is 17.2 Å². The fourth-order valence-corrected chi connectivity index (χ4v) is 1.95. The van der Waals surface area contributed by atoms with Gasteiger partial charge in [-0.05, 0) is 35.7 Å². The summed E-state index contributed by atoms with van der Waals surface area (Å²) in [6, 6.07) is 16.1. The average Bonchev–Trinajstić information content (AvgIpc) is 2.33. The van der Waals surface area contributed by atoms with Crippen LogP contribution in [0.1, 0.15) is 11.1 Å². The number of halogens is 1. The molecule has 0 saturated carbocycles. The molecule has 0 aliphatic rings. The predicted octanol–water partition coefficient (Wildman–Crippen LogP) is 4.38. The lowest BCUT2D eigenvalue weighted by atomic mass is 9.96. The Hall–Kier alpha value is -1.78. The molecule has 0 spiro atoms. The zero-order valence-electron chi connectivity index (χ0n) is 9.57. The molecule has 0 radical (unpaired) electrons. The molecule has 2 aromatic rings. The molecule has 17 heavy (non-hydrogen) atoms. The normalized spacial score (nSPS) is 9.94. The average molecular weight is 242 g/mol. The van der Waals surface area contributed by atoms with Crippen LogP contribution in [-0.4, -0.2) is 0 Å². The molecule has 0 N–H and O–H groups in total. The minimum atomic E-state index is 0.429. The number of nitrogens with zero attached hydrogens (tertiary/aromatic N) is 1. The van der Waals surface area contributed by atoms with Gasteiger partial charge in [-0.15, -0.1) is 0 Å². The van der Waals surface area contributed by atoms with E-state index in [2.05, 4.69) is 19.1 Å². The molecule has 1 nitrogen and oxygen atoms in total. The SMILES string of the molecule is Cc1ccc(CC#N)c(-c2ccc(Cl)cc2)c1. The summed E-state index contributed by atoms with van der Waals surface area (Å²) in [5.74, 6) is 0. The Morgan fingerprint density at radius 2 is 1.82 bits per heavy atom. The van der Waals surface area contributed by atoms with Crippen molar-refractivity contribution < 1.29 is 0 Å². The van der Waals surface area contributed by atoms with Crippen LogP contribution >= 0.6 is 11.6 Å². The highest BCUT2D eigenvalue weighted by Crippen LogP contribution is 2.26. The second-order valence-corrected chi connectivity index (χ2v) is 4.44. The number of benzene rings is 2. The smallest absolute Gasteiger partial charge is 0.0669 e. The van der Waals surface area contributed by atoms with Gasteiger partial charge < -0.3 is 0 Å². The zero-order chi connectivity index (χ0) is 12.3. The zero-order valence-corrected chi connectivity index (χ0v) is 10.3. The first-order valence-electron chi connectivity index (χ1n) is 5.43. The third-order valence-electron chi connectivity index (χ3n) is 2.69. The molecule has 0 heterocycles. The van der Waals surface area contributed by atoms with Gasteiger partial charge in [0.1, 0.15) is 0 Å².